The van der Waals surface area contributed by atoms with Crippen LogP contribution in [0, 0.1) is 5.82 Å². The molecule has 0 amide bonds. The molecule has 0 saturated heterocycles. The maximum atomic E-state index is 12.7. The number of hydrogen-bond donors (Lipinski definition) is 2. The Morgan fingerprint density at radius 3 is 2.38 bits per heavy atom. The number of rotatable bonds is 2. The molecular weight excluding hydrogens is 183 g/mol. The zero-order chi connectivity index (χ0) is 10.0. The van der Waals surface area contributed by atoms with Crippen molar-refractivity contribution >= 4 is 0 Å². The number of aromatic hydroxyl groups is 1. The van der Waals surface area contributed by atoms with Gasteiger partial charge in [0.2, 0.25) is 0 Å². The molecule has 1 atom stereocenters. The third kappa shape index (κ3) is 2.12. The van der Waals surface area contributed by atoms with E-state index in [9.17, 15) is 13.2 Å². The summed E-state index contributed by atoms with van der Waals surface area (Å²) >= 11 is 0. The second-order valence-corrected chi connectivity index (χ2v) is 2.57. The van der Waals surface area contributed by atoms with E-state index in [1.807, 2.05) is 0 Å². The lowest BCUT2D eigenvalue weighted by Crippen LogP contribution is -2.18. The van der Waals surface area contributed by atoms with Gasteiger partial charge in [-0.15, -0.1) is 0 Å². The molecule has 13 heavy (non-hydrogen) atoms. The van der Waals surface area contributed by atoms with Crippen molar-refractivity contribution in [1.29, 1.82) is 0 Å². The van der Waals surface area contributed by atoms with Gasteiger partial charge in [0.15, 0.2) is 11.6 Å². The molecule has 0 spiro atoms. The van der Waals surface area contributed by atoms with Crippen molar-refractivity contribution in [2.45, 2.75) is 12.5 Å². The molecule has 5 heteroatoms. The summed E-state index contributed by atoms with van der Waals surface area (Å²) in [7, 11) is 0. The summed E-state index contributed by atoms with van der Waals surface area (Å²) < 4.78 is 36.7. The smallest absolute Gasteiger partial charge is 0.257 e. The predicted molar refractivity (Wildman–Crippen MR) is 41.0 cm³/mol. The first-order valence-electron chi connectivity index (χ1n) is 3.54. The first-order valence-corrected chi connectivity index (χ1v) is 3.54. The normalized spacial score (nSPS) is 13.3. The molecule has 1 aromatic rings. The van der Waals surface area contributed by atoms with E-state index in [4.69, 9.17) is 10.8 Å². The van der Waals surface area contributed by atoms with Crippen LogP contribution in [0.15, 0.2) is 18.2 Å². The Balaban J connectivity index is 2.97. The Morgan fingerprint density at radius 1 is 1.31 bits per heavy atom. The Bertz CT molecular complexity index is 303. The van der Waals surface area contributed by atoms with Crippen LogP contribution in [0.25, 0.3) is 0 Å². The molecule has 0 fully saturated rings. The maximum absolute atomic E-state index is 12.7. The van der Waals surface area contributed by atoms with Crippen LogP contribution in [0.4, 0.5) is 13.2 Å². The van der Waals surface area contributed by atoms with E-state index < -0.39 is 24.0 Å². The van der Waals surface area contributed by atoms with Crippen LogP contribution in [0.2, 0.25) is 0 Å². The van der Waals surface area contributed by atoms with Gasteiger partial charge < -0.3 is 10.8 Å². The highest BCUT2D eigenvalue weighted by Crippen LogP contribution is 2.22. The van der Waals surface area contributed by atoms with Crippen LogP contribution in [-0.4, -0.2) is 11.5 Å². The molecule has 0 aliphatic rings. The molecule has 1 aromatic carbocycles. The summed E-state index contributed by atoms with van der Waals surface area (Å²) in [5.41, 5.74) is 5.02. The van der Waals surface area contributed by atoms with E-state index in [-0.39, 0.29) is 5.56 Å². The van der Waals surface area contributed by atoms with E-state index in [1.54, 1.807) is 0 Å². The summed E-state index contributed by atoms with van der Waals surface area (Å²) in [6, 6.07) is 1.43. The minimum atomic E-state index is -2.75. The summed E-state index contributed by atoms with van der Waals surface area (Å²) in [4.78, 5) is 0. The molecule has 0 bridgehead atoms. The zero-order valence-corrected chi connectivity index (χ0v) is 6.55. The van der Waals surface area contributed by atoms with Crippen molar-refractivity contribution in [3.63, 3.8) is 0 Å². The predicted octanol–water partition coefficient (Wildman–Crippen LogP) is 1.80. The number of nitrogens with two attached hydrogens (primary N) is 1. The lowest BCUT2D eigenvalue weighted by Gasteiger charge is -2.10. The molecule has 0 heterocycles. The molecule has 3 N–H and O–H groups in total. The average Bonchev–Trinajstić information content (AvgIpc) is 2.08. The molecule has 0 radical (unpaired) electrons. The van der Waals surface area contributed by atoms with Gasteiger partial charge >= 0.3 is 0 Å². The fourth-order valence-corrected chi connectivity index (χ4v) is 0.876. The van der Waals surface area contributed by atoms with Crippen LogP contribution in [-0.2, 0) is 0 Å². The van der Waals surface area contributed by atoms with Gasteiger partial charge in [0.25, 0.3) is 6.43 Å². The van der Waals surface area contributed by atoms with Gasteiger partial charge in [-0.05, 0) is 17.7 Å². The van der Waals surface area contributed by atoms with Gasteiger partial charge in [-0.1, -0.05) is 6.07 Å². The van der Waals surface area contributed by atoms with Gasteiger partial charge in [0.1, 0.15) is 0 Å². The highest BCUT2D eigenvalue weighted by atomic mass is 19.3. The minimum Gasteiger partial charge on any atom is -0.505 e. The van der Waals surface area contributed by atoms with Crippen LogP contribution >= 0.6 is 0 Å². The molecule has 72 valence electrons. The summed E-state index contributed by atoms with van der Waals surface area (Å²) in [6.07, 6.45) is -2.75. The van der Waals surface area contributed by atoms with E-state index in [0.717, 1.165) is 18.2 Å². The minimum absolute atomic E-state index is 0.0368. The molecule has 0 saturated carbocycles. The molecular formula is C8H8F3NO. The number of benzene rings is 1. The highest BCUT2D eigenvalue weighted by molar-refractivity contribution is 5.29. The quantitative estimate of drug-likeness (QED) is 0.748. The zero-order valence-electron chi connectivity index (χ0n) is 6.55. The average molecular weight is 191 g/mol. The standard InChI is InChI=1S/C8H8F3NO/c9-5-3-4(1-2-6(5)13)7(12)8(10)11/h1-3,7-8,13H,12H2/t7-/m0/s1. The number of halogens is 3. The van der Waals surface area contributed by atoms with Crippen LogP contribution < -0.4 is 5.73 Å². The van der Waals surface area contributed by atoms with Crippen molar-refractivity contribution in [2.24, 2.45) is 5.73 Å². The number of alkyl halides is 2. The van der Waals surface area contributed by atoms with Crippen molar-refractivity contribution in [2.75, 3.05) is 0 Å². The Morgan fingerprint density at radius 2 is 1.92 bits per heavy atom. The van der Waals surface area contributed by atoms with Crippen molar-refractivity contribution < 1.29 is 18.3 Å². The fraction of sp³-hybridized carbons (Fsp3) is 0.250. The summed E-state index contributed by atoms with van der Waals surface area (Å²) in [5.74, 6) is -1.53. The first kappa shape index (κ1) is 9.85. The Labute approximate surface area is 72.8 Å². The van der Waals surface area contributed by atoms with Crippen LogP contribution in [0.3, 0.4) is 0 Å². The monoisotopic (exact) mass is 191 g/mol. The van der Waals surface area contributed by atoms with Crippen LogP contribution in [0.5, 0.6) is 5.75 Å². The lowest BCUT2D eigenvalue weighted by molar-refractivity contribution is 0.116. The van der Waals surface area contributed by atoms with Crippen molar-refractivity contribution in [3.05, 3.63) is 29.6 Å². The molecule has 1 rings (SSSR count). The van der Waals surface area contributed by atoms with Crippen molar-refractivity contribution in [1.82, 2.24) is 0 Å². The van der Waals surface area contributed by atoms with E-state index in [1.165, 1.54) is 0 Å². The lowest BCUT2D eigenvalue weighted by atomic mass is 10.1. The summed E-state index contributed by atoms with van der Waals surface area (Å²) in [6.45, 7) is 0. The second-order valence-electron chi connectivity index (χ2n) is 2.57. The Kier molecular flexibility index (Phi) is 2.77. The largest absolute Gasteiger partial charge is 0.505 e. The highest BCUT2D eigenvalue weighted by Gasteiger charge is 2.18. The van der Waals surface area contributed by atoms with E-state index in [2.05, 4.69) is 0 Å². The Hall–Kier alpha value is -1.23. The van der Waals surface area contributed by atoms with Gasteiger partial charge in [-0.2, -0.15) is 0 Å². The number of phenolic OH excluding ortho intramolecular Hbond substituents is 1. The van der Waals surface area contributed by atoms with E-state index >= 15 is 0 Å². The first-order chi connectivity index (χ1) is 6.02. The third-order valence-electron chi connectivity index (χ3n) is 1.63. The second kappa shape index (κ2) is 3.66. The summed E-state index contributed by atoms with van der Waals surface area (Å²) in [5, 5.41) is 8.76. The maximum Gasteiger partial charge on any atom is 0.257 e. The molecule has 2 nitrogen and oxygen atoms in total. The van der Waals surface area contributed by atoms with Gasteiger partial charge in [-0.3, -0.25) is 0 Å². The fourth-order valence-electron chi connectivity index (χ4n) is 0.876. The number of hydrogen-bond acceptors (Lipinski definition) is 2. The van der Waals surface area contributed by atoms with Crippen molar-refractivity contribution in [3.8, 4) is 5.75 Å². The SMILES string of the molecule is N[C@@H](c1ccc(O)c(F)c1)C(F)F. The third-order valence-corrected chi connectivity index (χ3v) is 1.63. The molecule has 0 aliphatic carbocycles. The van der Waals surface area contributed by atoms with Gasteiger partial charge in [0.05, 0.1) is 6.04 Å². The van der Waals surface area contributed by atoms with E-state index in [0.29, 0.717) is 0 Å². The van der Waals surface area contributed by atoms with Crippen LogP contribution in [0.1, 0.15) is 11.6 Å². The molecule has 0 aliphatic heterocycles. The topological polar surface area (TPSA) is 46.2 Å². The van der Waals surface area contributed by atoms with Gasteiger partial charge in [-0.25, -0.2) is 13.2 Å². The number of phenols is 1. The van der Waals surface area contributed by atoms with Gasteiger partial charge in [0, 0.05) is 0 Å². The molecule has 0 aromatic heterocycles. The molecule has 0 unspecified atom stereocenters.